The lowest BCUT2D eigenvalue weighted by atomic mass is 10.0. The van der Waals surface area contributed by atoms with Crippen LogP contribution >= 0.6 is 0 Å². The van der Waals surface area contributed by atoms with Crippen molar-refractivity contribution in [1.29, 1.82) is 0 Å². The van der Waals surface area contributed by atoms with Gasteiger partial charge in [-0.2, -0.15) is 0 Å². The lowest BCUT2D eigenvalue weighted by Gasteiger charge is -2.28. The molecule has 2 heterocycles. The lowest BCUT2D eigenvalue weighted by Crippen LogP contribution is -2.40. The summed E-state index contributed by atoms with van der Waals surface area (Å²) in [5, 5.41) is 3.50. The second kappa shape index (κ2) is 4.04. The van der Waals surface area contributed by atoms with E-state index in [1.165, 1.54) is 39.0 Å². The molecule has 0 aromatic carbocycles. The highest BCUT2D eigenvalue weighted by Gasteiger charge is 2.43. The number of likely N-dealkylation sites (tertiary alicyclic amines) is 1. The molecule has 3 nitrogen and oxygen atoms in total. The maximum atomic E-state index is 5.38. The van der Waals surface area contributed by atoms with E-state index in [0.717, 1.165) is 30.4 Å². The summed E-state index contributed by atoms with van der Waals surface area (Å²) in [6.07, 6.45) is 2.86. The summed E-state index contributed by atoms with van der Waals surface area (Å²) in [4.78, 5) is 2.71. The average molecular weight is 210 g/mol. The lowest BCUT2D eigenvalue weighted by molar-refractivity contribution is 0.0882. The van der Waals surface area contributed by atoms with Gasteiger partial charge in [-0.05, 0) is 43.7 Å². The molecule has 1 saturated carbocycles. The fourth-order valence-electron chi connectivity index (χ4n) is 3.35. The normalized spacial score (nSPS) is 38.2. The molecule has 3 heteroatoms. The van der Waals surface area contributed by atoms with Gasteiger partial charge in [0, 0.05) is 26.2 Å². The second-order valence-corrected chi connectivity index (χ2v) is 5.49. The number of methoxy groups -OCH3 is 1. The van der Waals surface area contributed by atoms with Crippen LogP contribution in [0.5, 0.6) is 0 Å². The second-order valence-electron chi connectivity index (χ2n) is 5.49. The third kappa shape index (κ3) is 1.93. The first kappa shape index (κ1) is 10.1. The zero-order valence-electron chi connectivity index (χ0n) is 9.61. The number of fused-ring (bicyclic) bond motifs is 1. The van der Waals surface area contributed by atoms with Crippen LogP contribution < -0.4 is 5.32 Å². The minimum Gasteiger partial charge on any atom is -0.383 e. The molecule has 0 bridgehead atoms. The van der Waals surface area contributed by atoms with Crippen LogP contribution in [0.25, 0.3) is 0 Å². The van der Waals surface area contributed by atoms with Crippen molar-refractivity contribution in [2.45, 2.75) is 18.9 Å². The molecule has 0 aromatic rings. The fourth-order valence-corrected chi connectivity index (χ4v) is 3.35. The van der Waals surface area contributed by atoms with Gasteiger partial charge in [-0.1, -0.05) is 0 Å². The van der Waals surface area contributed by atoms with E-state index < -0.39 is 0 Å². The highest BCUT2D eigenvalue weighted by Crippen LogP contribution is 2.38. The van der Waals surface area contributed by atoms with Crippen LogP contribution in [0.3, 0.4) is 0 Å². The highest BCUT2D eigenvalue weighted by atomic mass is 16.5. The molecule has 0 radical (unpaired) electrons. The Hall–Kier alpha value is -0.120. The minimum atomic E-state index is 0.723. The summed E-state index contributed by atoms with van der Waals surface area (Å²) in [6.45, 7) is 6.04. The molecule has 2 aliphatic heterocycles. The maximum absolute atomic E-state index is 5.38. The van der Waals surface area contributed by atoms with Gasteiger partial charge in [0.2, 0.25) is 0 Å². The number of rotatable bonds is 4. The molecule has 3 fully saturated rings. The van der Waals surface area contributed by atoms with Gasteiger partial charge in [-0.3, -0.25) is 4.90 Å². The molecule has 0 amide bonds. The Morgan fingerprint density at radius 2 is 1.93 bits per heavy atom. The Labute approximate surface area is 92.2 Å². The highest BCUT2D eigenvalue weighted by molar-refractivity contribution is 4.97. The van der Waals surface area contributed by atoms with Crippen LogP contribution in [-0.4, -0.2) is 50.8 Å². The van der Waals surface area contributed by atoms with E-state index in [9.17, 15) is 0 Å². The first-order valence-corrected chi connectivity index (χ1v) is 6.32. The fraction of sp³-hybridized carbons (Fsp3) is 1.00. The van der Waals surface area contributed by atoms with Crippen molar-refractivity contribution in [1.82, 2.24) is 10.2 Å². The third-order valence-corrected chi connectivity index (χ3v) is 4.39. The van der Waals surface area contributed by atoms with Gasteiger partial charge < -0.3 is 10.1 Å². The quantitative estimate of drug-likeness (QED) is 0.734. The zero-order valence-corrected chi connectivity index (χ0v) is 9.61. The number of hydrogen-bond donors (Lipinski definition) is 1. The van der Waals surface area contributed by atoms with E-state index in [0.29, 0.717) is 0 Å². The van der Waals surface area contributed by atoms with Gasteiger partial charge in [0.1, 0.15) is 0 Å². The number of hydrogen-bond acceptors (Lipinski definition) is 3. The largest absolute Gasteiger partial charge is 0.383 e. The van der Waals surface area contributed by atoms with E-state index in [1.54, 1.807) is 0 Å². The molecule has 3 unspecified atom stereocenters. The molecule has 86 valence electrons. The molecule has 3 aliphatic rings. The Balaban J connectivity index is 1.61. The number of nitrogens with one attached hydrogen (secondary N) is 1. The molecule has 1 aliphatic carbocycles. The summed E-state index contributed by atoms with van der Waals surface area (Å²) in [5.74, 6) is 2.78. The predicted octanol–water partition coefficient (Wildman–Crippen LogP) is 0.563. The predicted molar refractivity (Wildman–Crippen MR) is 59.8 cm³/mol. The smallest absolute Gasteiger partial charge is 0.0620 e. The molecule has 3 atom stereocenters. The molecule has 15 heavy (non-hydrogen) atoms. The summed E-state index contributed by atoms with van der Waals surface area (Å²) < 4.78 is 5.38. The first-order chi connectivity index (χ1) is 7.38. The van der Waals surface area contributed by atoms with Crippen molar-refractivity contribution in [3.05, 3.63) is 0 Å². The summed E-state index contributed by atoms with van der Waals surface area (Å²) in [7, 11) is 1.84. The van der Waals surface area contributed by atoms with E-state index in [2.05, 4.69) is 10.2 Å². The maximum Gasteiger partial charge on any atom is 0.0620 e. The van der Waals surface area contributed by atoms with Crippen LogP contribution in [0.2, 0.25) is 0 Å². The van der Waals surface area contributed by atoms with Crippen molar-refractivity contribution < 1.29 is 4.74 Å². The van der Waals surface area contributed by atoms with Crippen molar-refractivity contribution in [2.75, 3.05) is 39.9 Å². The Morgan fingerprint density at radius 1 is 1.27 bits per heavy atom. The molecular formula is C12H22N2O. The molecule has 3 rings (SSSR count). The standard InChI is InChI=1S/C12H22N2O/c1-15-8-12(9-2-3-9)14-6-10-4-13-5-11(10)7-14/h9-13H,2-8H2,1H3. The Bertz CT molecular complexity index is 218. The monoisotopic (exact) mass is 210 g/mol. The van der Waals surface area contributed by atoms with E-state index >= 15 is 0 Å². The van der Waals surface area contributed by atoms with Gasteiger partial charge in [0.15, 0.2) is 0 Å². The average Bonchev–Trinajstić information content (AvgIpc) is 2.82. The summed E-state index contributed by atoms with van der Waals surface area (Å²) in [6, 6.07) is 0.723. The van der Waals surface area contributed by atoms with E-state index in [-0.39, 0.29) is 0 Å². The Kier molecular flexibility index (Phi) is 2.71. The van der Waals surface area contributed by atoms with E-state index in [1.807, 2.05) is 7.11 Å². The molecule has 0 aromatic heterocycles. The number of nitrogens with zero attached hydrogens (tertiary/aromatic N) is 1. The summed E-state index contributed by atoms with van der Waals surface area (Å²) in [5.41, 5.74) is 0. The van der Waals surface area contributed by atoms with Crippen LogP contribution in [0.1, 0.15) is 12.8 Å². The molecule has 2 saturated heterocycles. The van der Waals surface area contributed by atoms with Gasteiger partial charge in [-0.25, -0.2) is 0 Å². The third-order valence-electron chi connectivity index (χ3n) is 4.39. The van der Waals surface area contributed by atoms with Crippen molar-refractivity contribution in [2.24, 2.45) is 17.8 Å². The first-order valence-electron chi connectivity index (χ1n) is 6.32. The van der Waals surface area contributed by atoms with Gasteiger partial charge >= 0.3 is 0 Å². The van der Waals surface area contributed by atoms with Crippen LogP contribution in [-0.2, 0) is 4.74 Å². The SMILES string of the molecule is COCC(C1CC1)N1CC2CNCC2C1. The van der Waals surface area contributed by atoms with Gasteiger partial charge in [0.25, 0.3) is 0 Å². The topological polar surface area (TPSA) is 24.5 Å². The van der Waals surface area contributed by atoms with Crippen molar-refractivity contribution >= 4 is 0 Å². The molecular weight excluding hydrogens is 188 g/mol. The van der Waals surface area contributed by atoms with Crippen LogP contribution in [0.15, 0.2) is 0 Å². The number of ether oxygens (including phenoxy) is 1. The van der Waals surface area contributed by atoms with Crippen molar-refractivity contribution in [3.63, 3.8) is 0 Å². The zero-order chi connectivity index (χ0) is 10.3. The summed E-state index contributed by atoms with van der Waals surface area (Å²) >= 11 is 0. The van der Waals surface area contributed by atoms with Gasteiger partial charge in [-0.15, -0.1) is 0 Å². The van der Waals surface area contributed by atoms with Crippen LogP contribution in [0, 0.1) is 17.8 Å². The van der Waals surface area contributed by atoms with E-state index in [4.69, 9.17) is 4.74 Å². The minimum absolute atomic E-state index is 0.723. The molecule has 0 spiro atoms. The Morgan fingerprint density at radius 3 is 2.47 bits per heavy atom. The van der Waals surface area contributed by atoms with Gasteiger partial charge in [0.05, 0.1) is 6.61 Å². The van der Waals surface area contributed by atoms with Crippen molar-refractivity contribution in [3.8, 4) is 0 Å². The van der Waals surface area contributed by atoms with Crippen LogP contribution in [0.4, 0.5) is 0 Å². The molecule has 1 N–H and O–H groups in total.